The Morgan fingerprint density at radius 3 is 2.83 bits per heavy atom. The molecule has 1 aliphatic heterocycles. The Bertz CT molecular complexity index is 345. The van der Waals surface area contributed by atoms with Gasteiger partial charge >= 0.3 is 0 Å². The van der Waals surface area contributed by atoms with E-state index < -0.39 is 0 Å². The van der Waals surface area contributed by atoms with Gasteiger partial charge in [-0.3, -0.25) is 4.90 Å². The standard InChI is InChI=1S/C14H24N2OS/c1-12-5-10-18-14(12)11-16-7-3-13(4-8-16)17-9-2-6-15/h5,10,13H,2-4,6-9,11,15H2,1H3. The number of thiophene rings is 1. The molecule has 2 N–H and O–H groups in total. The van der Waals surface area contributed by atoms with Crippen LogP contribution >= 0.6 is 11.3 Å². The maximum absolute atomic E-state index is 5.83. The first-order chi connectivity index (χ1) is 8.79. The van der Waals surface area contributed by atoms with E-state index >= 15 is 0 Å². The number of nitrogens with zero attached hydrogens (tertiary/aromatic N) is 1. The van der Waals surface area contributed by atoms with Gasteiger partial charge in [0.05, 0.1) is 6.10 Å². The van der Waals surface area contributed by atoms with Crippen LogP contribution in [0.5, 0.6) is 0 Å². The van der Waals surface area contributed by atoms with Gasteiger partial charge in [-0.15, -0.1) is 11.3 Å². The van der Waals surface area contributed by atoms with Crippen LogP contribution in [0.1, 0.15) is 29.7 Å². The van der Waals surface area contributed by atoms with Crippen molar-refractivity contribution in [3.05, 3.63) is 21.9 Å². The first-order valence-corrected chi connectivity index (χ1v) is 7.74. The summed E-state index contributed by atoms with van der Waals surface area (Å²) < 4.78 is 5.83. The average Bonchev–Trinajstić information content (AvgIpc) is 2.78. The van der Waals surface area contributed by atoms with Crippen molar-refractivity contribution in [2.24, 2.45) is 5.73 Å². The van der Waals surface area contributed by atoms with Crippen molar-refractivity contribution >= 4 is 11.3 Å². The molecule has 102 valence electrons. The van der Waals surface area contributed by atoms with E-state index in [1.807, 2.05) is 11.3 Å². The molecular weight excluding hydrogens is 244 g/mol. The lowest BCUT2D eigenvalue weighted by atomic mass is 10.1. The van der Waals surface area contributed by atoms with Crippen LogP contribution in [0, 0.1) is 6.92 Å². The molecule has 0 saturated carbocycles. The number of aryl methyl sites for hydroxylation is 1. The third-order valence-electron chi connectivity index (χ3n) is 3.57. The Morgan fingerprint density at radius 1 is 1.44 bits per heavy atom. The van der Waals surface area contributed by atoms with Crippen LogP contribution in [0.3, 0.4) is 0 Å². The molecule has 3 nitrogen and oxygen atoms in total. The molecule has 0 aromatic carbocycles. The molecule has 2 rings (SSSR count). The third kappa shape index (κ3) is 4.05. The first-order valence-electron chi connectivity index (χ1n) is 6.86. The summed E-state index contributed by atoms with van der Waals surface area (Å²) >= 11 is 1.87. The Kier molecular flexibility index (Phi) is 5.63. The van der Waals surface area contributed by atoms with Gasteiger partial charge in [0.2, 0.25) is 0 Å². The molecule has 1 aliphatic rings. The fourth-order valence-corrected chi connectivity index (χ4v) is 3.28. The number of rotatable bonds is 6. The van der Waals surface area contributed by atoms with Crippen molar-refractivity contribution in [3.63, 3.8) is 0 Å². The number of ether oxygens (including phenoxy) is 1. The van der Waals surface area contributed by atoms with Gasteiger partial charge in [-0.1, -0.05) is 0 Å². The second kappa shape index (κ2) is 7.24. The molecular formula is C14H24N2OS. The second-order valence-electron chi connectivity index (χ2n) is 5.02. The maximum atomic E-state index is 5.83. The second-order valence-corrected chi connectivity index (χ2v) is 6.02. The fourth-order valence-electron chi connectivity index (χ4n) is 2.34. The lowest BCUT2D eigenvalue weighted by molar-refractivity contribution is 0.00580. The van der Waals surface area contributed by atoms with E-state index in [1.165, 1.54) is 10.4 Å². The molecule has 1 aromatic heterocycles. The molecule has 0 spiro atoms. The highest BCUT2D eigenvalue weighted by atomic mass is 32.1. The number of hydrogen-bond donors (Lipinski definition) is 1. The molecule has 0 unspecified atom stereocenters. The van der Waals surface area contributed by atoms with Crippen LogP contribution < -0.4 is 5.73 Å². The summed E-state index contributed by atoms with van der Waals surface area (Å²) in [4.78, 5) is 4.05. The highest BCUT2D eigenvalue weighted by Crippen LogP contribution is 2.21. The summed E-state index contributed by atoms with van der Waals surface area (Å²) in [5.41, 5.74) is 6.90. The minimum Gasteiger partial charge on any atom is -0.378 e. The van der Waals surface area contributed by atoms with Gasteiger partial charge in [0.25, 0.3) is 0 Å². The minimum absolute atomic E-state index is 0.456. The predicted molar refractivity (Wildman–Crippen MR) is 77.0 cm³/mol. The SMILES string of the molecule is Cc1ccsc1CN1CCC(OCCCN)CC1. The Labute approximate surface area is 114 Å². The Hall–Kier alpha value is -0.420. The van der Waals surface area contributed by atoms with Gasteiger partial charge in [0.1, 0.15) is 0 Å². The van der Waals surface area contributed by atoms with E-state index in [9.17, 15) is 0 Å². The van der Waals surface area contributed by atoms with Gasteiger partial charge in [0, 0.05) is 31.1 Å². The van der Waals surface area contributed by atoms with Crippen molar-refractivity contribution in [2.75, 3.05) is 26.2 Å². The summed E-state index contributed by atoms with van der Waals surface area (Å²) in [6, 6.07) is 2.21. The van der Waals surface area contributed by atoms with Gasteiger partial charge < -0.3 is 10.5 Å². The molecule has 18 heavy (non-hydrogen) atoms. The van der Waals surface area contributed by atoms with E-state index in [0.29, 0.717) is 6.10 Å². The van der Waals surface area contributed by atoms with Crippen molar-refractivity contribution in [1.29, 1.82) is 0 Å². The molecule has 0 atom stereocenters. The summed E-state index contributed by atoms with van der Waals surface area (Å²) in [6.07, 6.45) is 3.76. The van der Waals surface area contributed by atoms with Crippen LogP contribution in [0.2, 0.25) is 0 Å². The van der Waals surface area contributed by atoms with Gasteiger partial charge in [-0.2, -0.15) is 0 Å². The van der Waals surface area contributed by atoms with E-state index in [0.717, 1.165) is 52.0 Å². The summed E-state index contributed by atoms with van der Waals surface area (Å²) in [5, 5.41) is 2.19. The highest BCUT2D eigenvalue weighted by molar-refractivity contribution is 7.10. The number of nitrogens with two attached hydrogens (primary N) is 1. The molecule has 0 amide bonds. The third-order valence-corrected chi connectivity index (χ3v) is 4.58. The van der Waals surface area contributed by atoms with Crippen molar-refractivity contribution < 1.29 is 4.74 Å². The largest absolute Gasteiger partial charge is 0.378 e. The quantitative estimate of drug-likeness (QED) is 0.805. The van der Waals surface area contributed by atoms with Crippen molar-refractivity contribution in [1.82, 2.24) is 4.90 Å². The molecule has 1 fully saturated rings. The number of likely N-dealkylation sites (tertiary alicyclic amines) is 1. The lowest BCUT2D eigenvalue weighted by Gasteiger charge is -2.31. The number of hydrogen-bond acceptors (Lipinski definition) is 4. The molecule has 0 aliphatic carbocycles. The smallest absolute Gasteiger partial charge is 0.0599 e. The van der Waals surface area contributed by atoms with Gasteiger partial charge in [-0.25, -0.2) is 0 Å². The first kappa shape index (κ1) is 14.0. The van der Waals surface area contributed by atoms with Crippen LogP contribution in [0.25, 0.3) is 0 Å². The van der Waals surface area contributed by atoms with Crippen LogP contribution in [0.4, 0.5) is 0 Å². The van der Waals surface area contributed by atoms with Crippen LogP contribution in [-0.2, 0) is 11.3 Å². The summed E-state index contributed by atoms with van der Waals surface area (Å²) in [7, 11) is 0. The normalized spacial score (nSPS) is 18.3. The summed E-state index contributed by atoms with van der Waals surface area (Å²) in [6.45, 7) is 7.19. The zero-order chi connectivity index (χ0) is 12.8. The molecule has 0 bridgehead atoms. The Morgan fingerprint density at radius 2 is 2.22 bits per heavy atom. The van der Waals surface area contributed by atoms with E-state index in [2.05, 4.69) is 23.3 Å². The zero-order valence-electron chi connectivity index (χ0n) is 11.2. The van der Waals surface area contributed by atoms with Crippen molar-refractivity contribution in [3.8, 4) is 0 Å². The number of piperidine rings is 1. The molecule has 4 heteroatoms. The predicted octanol–water partition coefficient (Wildman–Crippen LogP) is 2.39. The fraction of sp³-hybridized carbons (Fsp3) is 0.714. The Balaban J connectivity index is 1.69. The van der Waals surface area contributed by atoms with Gasteiger partial charge in [0.15, 0.2) is 0 Å². The lowest BCUT2D eigenvalue weighted by Crippen LogP contribution is -2.36. The monoisotopic (exact) mass is 268 g/mol. The molecule has 0 radical (unpaired) electrons. The topological polar surface area (TPSA) is 38.5 Å². The minimum atomic E-state index is 0.456. The molecule has 1 saturated heterocycles. The highest BCUT2D eigenvalue weighted by Gasteiger charge is 2.20. The van der Waals surface area contributed by atoms with E-state index in [4.69, 9.17) is 10.5 Å². The molecule has 2 heterocycles. The summed E-state index contributed by atoms with van der Waals surface area (Å²) in [5.74, 6) is 0. The maximum Gasteiger partial charge on any atom is 0.0599 e. The zero-order valence-corrected chi connectivity index (χ0v) is 12.0. The van der Waals surface area contributed by atoms with E-state index in [1.54, 1.807) is 0 Å². The average molecular weight is 268 g/mol. The molecule has 1 aromatic rings. The van der Waals surface area contributed by atoms with Crippen LogP contribution in [0.15, 0.2) is 11.4 Å². The van der Waals surface area contributed by atoms with Gasteiger partial charge in [-0.05, 0) is 49.7 Å². The van der Waals surface area contributed by atoms with Crippen LogP contribution in [-0.4, -0.2) is 37.2 Å². The van der Waals surface area contributed by atoms with Crippen molar-refractivity contribution in [2.45, 2.75) is 38.8 Å². The van der Waals surface area contributed by atoms with E-state index in [-0.39, 0.29) is 0 Å².